The van der Waals surface area contributed by atoms with Gasteiger partial charge in [-0.15, -0.1) is 0 Å². The van der Waals surface area contributed by atoms with Crippen LogP contribution in [0.5, 0.6) is 0 Å². The van der Waals surface area contributed by atoms with Crippen LogP contribution in [0.1, 0.15) is 16.1 Å². The molecule has 1 aliphatic rings. The second kappa shape index (κ2) is 6.33. The van der Waals surface area contributed by atoms with Crippen molar-refractivity contribution >= 4 is 17.5 Å². The van der Waals surface area contributed by atoms with Gasteiger partial charge in [-0.1, -0.05) is 23.7 Å². The van der Waals surface area contributed by atoms with Crippen molar-refractivity contribution in [2.45, 2.75) is 6.54 Å². The van der Waals surface area contributed by atoms with Crippen LogP contribution in [0.3, 0.4) is 0 Å². The molecule has 1 fully saturated rings. The van der Waals surface area contributed by atoms with Crippen molar-refractivity contribution in [1.82, 2.24) is 9.80 Å². The van der Waals surface area contributed by atoms with Crippen molar-refractivity contribution in [3.8, 4) is 0 Å². The summed E-state index contributed by atoms with van der Waals surface area (Å²) in [6, 6.07) is 11.1. The first-order valence-corrected chi connectivity index (χ1v) is 7.40. The molecule has 21 heavy (non-hydrogen) atoms. The lowest BCUT2D eigenvalue weighted by molar-refractivity contribution is 0.0620. The summed E-state index contributed by atoms with van der Waals surface area (Å²) in [7, 11) is 0. The number of rotatable bonds is 3. The van der Waals surface area contributed by atoms with E-state index in [0.717, 1.165) is 25.4 Å². The van der Waals surface area contributed by atoms with Gasteiger partial charge < -0.3 is 9.32 Å². The fraction of sp³-hybridized carbons (Fsp3) is 0.312. The van der Waals surface area contributed by atoms with E-state index in [2.05, 4.69) is 4.90 Å². The Labute approximate surface area is 128 Å². The molecule has 0 radical (unpaired) electrons. The zero-order valence-corrected chi connectivity index (χ0v) is 12.4. The predicted molar refractivity (Wildman–Crippen MR) is 81.3 cm³/mol. The molecule has 1 aliphatic heterocycles. The molecule has 0 spiro atoms. The quantitative estimate of drug-likeness (QED) is 0.875. The van der Waals surface area contributed by atoms with E-state index in [4.69, 9.17) is 16.0 Å². The van der Waals surface area contributed by atoms with E-state index >= 15 is 0 Å². The summed E-state index contributed by atoms with van der Waals surface area (Å²) in [5.41, 5.74) is 0.582. The number of hydrogen-bond donors (Lipinski definition) is 0. The molecule has 3 rings (SSSR count). The summed E-state index contributed by atoms with van der Waals surface area (Å²) < 4.78 is 5.36. The molecule has 1 aromatic carbocycles. The summed E-state index contributed by atoms with van der Waals surface area (Å²) in [6.45, 7) is 3.91. The highest BCUT2D eigenvalue weighted by atomic mass is 35.5. The highest BCUT2D eigenvalue weighted by molar-refractivity contribution is 6.33. The summed E-state index contributed by atoms with van der Waals surface area (Å²) in [5.74, 6) is 0.971. The lowest BCUT2D eigenvalue weighted by atomic mass is 10.2. The normalized spacial score (nSPS) is 16.1. The van der Waals surface area contributed by atoms with Crippen LogP contribution in [-0.4, -0.2) is 41.9 Å². The molecule has 0 bridgehead atoms. The SMILES string of the molecule is O=C(c1ccccc1Cl)N1CCN(Cc2ccco2)CC1. The average molecular weight is 305 g/mol. The van der Waals surface area contributed by atoms with Crippen LogP contribution in [0.15, 0.2) is 47.1 Å². The molecule has 2 aromatic rings. The van der Waals surface area contributed by atoms with Gasteiger partial charge in [0.25, 0.3) is 5.91 Å². The van der Waals surface area contributed by atoms with E-state index in [0.29, 0.717) is 23.7 Å². The van der Waals surface area contributed by atoms with Crippen molar-refractivity contribution in [1.29, 1.82) is 0 Å². The first-order chi connectivity index (χ1) is 10.2. The van der Waals surface area contributed by atoms with Gasteiger partial charge in [-0.3, -0.25) is 9.69 Å². The van der Waals surface area contributed by atoms with Crippen LogP contribution in [0, 0.1) is 0 Å². The second-order valence-corrected chi connectivity index (χ2v) is 5.53. The third-order valence-corrected chi connectivity index (χ3v) is 4.05. The smallest absolute Gasteiger partial charge is 0.255 e. The Balaban J connectivity index is 1.58. The van der Waals surface area contributed by atoms with E-state index in [1.807, 2.05) is 29.2 Å². The molecule has 1 amide bonds. The third-order valence-electron chi connectivity index (χ3n) is 3.72. The fourth-order valence-corrected chi connectivity index (χ4v) is 2.75. The molecular formula is C16H17ClN2O2. The van der Waals surface area contributed by atoms with Crippen LogP contribution in [0.4, 0.5) is 0 Å². The van der Waals surface area contributed by atoms with Crippen LogP contribution in [0.25, 0.3) is 0 Å². The van der Waals surface area contributed by atoms with E-state index in [9.17, 15) is 4.79 Å². The van der Waals surface area contributed by atoms with E-state index in [-0.39, 0.29) is 5.91 Å². The summed E-state index contributed by atoms with van der Waals surface area (Å²) in [6.07, 6.45) is 1.69. The molecule has 5 heteroatoms. The first-order valence-electron chi connectivity index (χ1n) is 7.02. The number of carbonyl (C=O) groups excluding carboxylic acids is 1. The Hall–Kier alpha value is -1.78. The topological polar surface area (TPSA) is 36.7 Å². The zero-order valence-electron chi connectivity index (χ0n) is 11.7. The van der Waals surface area contributed by atoms with Crippen LogP contribution in [-0.2, 0) is 6.54 Å². The Morgan fingerprint density at radius 2 is 1.86 bits per heavy atom. The summed E-state index contributed by atoms with van der Waals surface area (Å²) in [5, 5.41) is 0.514. The number of hydrogen-bond acceptors (Lipinski definition) is 3. The van der Waals surface area contributed by atoms with Gasteiger partial charge >= 0.3 is 0 Å². The monoisotopic (exact) mass is 304 g/mol. The van der Waals surface area contributed by atoms with Crippen molar-refractivity contribution in [2.75, 3.05) is 26.2 Å². The molecule has 2 heterocycles. The summed E-state index contributed by atoms with van der Waals surface area (Å²) in [4.78, 5) is 16.6. The Kier molecular flexibility index (Phi) is 4.27. The lowest BCUT2D eigenvalue weighted by Crippen LogP contribution is -2.48. The highest BCUT2D eigenvalue weighted by Crippen LogP contribution is 2.18. The molecule has 0 N–H and O–H groups in total. The fourth-order valence-electron chi connectivity index (χ4n) is 2.54. The van der Waals surface area contributed by atoms with Gasteiger partial charge in [-0.25, -0.2) is 0 Å². The predicted octanol–water partition coefficient (Wildman–Crippen LogP) is 2.89. The van der Waals surface area contributed by atoms with Crippen LogP contribution < -0.4 is 0 Å². The van der Waals surface area contributed by atoms with Crippen LogP contribution >= 0.6 is 11.6 Å². The van der Waals surface area contributed by atoms with E-state index in [1.165, 1.54) is 0 Å². The van der Waals surface area contributed by atoms with Gasteiger partial charge in [0.2, 0.25) is 0 Å². The maximum atomic E-state index is 12.4. The largest absolute Gasteiger partial charge is 0.468 e. The number of piperazine rings is 1. The lowest BCUT2D eigenvalue weighted by Gasteiger charge is -2.34. The van der Waals surface area contributed by atoms with Crippen LogP contribution in [0.2, 0.25) is 5.02 Å². The van der Waals surface area contributed by atoms with Gasteiger partial charge in [-0.2, -0.15) is 0 Å². The van der Waals surface area contributed by atoms with Crippen molar-refractivity contribution in [2.24, 2.45) is 0 Å². The Bertz CT molecular complexity index is 604. The van der Waals surface area contributed by atoms with Gasteiger partial charge in [-0.05, 0) is 24.3 Å². The maximum Gasteiger partial charge on any atom is 0.255 e. The maximum absolute atomic E-state index is 12.4. The molecule has 110 valence electrons. The molecule has 0 atom stereocenters. The number of nitrogens with zero attached hydrogens (tertiary/aromatic N) is 2. The van der Waals surface area contributed by atoms with Gasteiger partial charge in [0, 0.05) is 26.2 Å². The number of amides is 1. The molecule has 1 saturated heterocycles. The molecule has 0 saturated carbocycles. The zero-order chi connectivity index (χ0) is 14.7. The highest BCUT2D eigenvalue weighted by Gasteiger charge is 2.23. The molecule has 1 aromatic heterocycles. The minimum absolute atomic E-state index is 0.0123. The van der Waals surface area contributed by atoms with Crippen molar-refractivity contribution < 1.29 is 9.21 Å². The first kappa shape index (κ1) is 14.2. The number of furan rings is 1. The Morgan fingerprint density at radius 1 is 1.10 bits per heavy atom. The van der Waals surface area contributed by atoms with Crippen molar-refractivity contribution in [3.63, 3.8) is 0 Å². The second-order valence-electron chi connectivity index (χ2n) is 5.13. The van der Waals surface area contributed by atoms with E-state index < -0.39 is 0 Å². The van der Waals surface area contributed by atoms with Gasteiger partial charge in [0.05, 0.1) is 23.4 Å². The molecule has 0 unspecified atom stereocenters. The summed E-state index contributed by atoms with van der Waals surface area (Å²) >= 11 is 6.09. The van der Waals surface area contributed by atoms with Gasteiger partial charge in [0.1, 0.15) is 5.76 Å². The molecule has 4 nitrogen and oxygen atoms in total. The minimum atomic E-state index is 0.0123. The average Bonchev–Trinajstić information content (AvgIpc) is 3.01. The number of halogens is 1. The Morgan fingerprint density at radius 3 is 2.52 bits per heavy atom. The number of carbonyl (C=O) groups is 1. The third kappa shape index (κ3) is 3.28. The minimum Gasteiger partial charge on any atom is -0.468 e. The van der Waals surface area contributed by atoms with E-state index in [1.54, 1.807) is 18.4 Å². The molecule has 0 aliphatic carbocycles. The number of benzene rings is 1. The molecular weight excluding hydrogens is 288 g/mol. The van der Waals surface area contributed by atoms with Crippen molar-refractivity contribution in [3.05, 3.63) is 59.0 Å². The van der Waals surface area contributed by atoms with Gasteiger partial charge in [0.15, 0.2) is 0 Å². The standard InChI is InChI=1S/C16H17ClN2O2/c17-15-6-2-1-5-14(15)16(20)19-9-7-18(8-10-19)12-13-4-3-11-21-13/h1-6,11H,7-10,12H2.